The Morgan fingerprint density at radius 1 is 1.44 bits per heavy atom. The number of aliphatic hydroxyl groups excluding tert-OH is 1. The number of benzene rings is 1. The molecule has 4 nitrogen and oxygen atoms in total. The summed E-state index contributed by atoms with van der Waals surface area (Å²) in [7, 11) is 0. The number of nitrogens with two attached hydrogens (primary N) is 1. The zero-order valence-corrected chi connectivity index (χ0v) is 9.62. The van der Waals surface area contributed by atoms with Gasteiger partial charge in [0, 0.05) is 18.3 Å². The van der Waals surface area contributed by atoms with Gasteiger partial charge in [0.2, 0.25) is 0 Å². The van der Waals surface area contributed by atoms with Gasteiger partial charge in [0.1, 0.15) is 0 Å². The Hall–Kier alpha value is -1.69. The van der Waals surface area contributed by atoms with E-state index >= 15 is 0 Å². The Morgan fingerprint density at radius 3 is 2.67 bits per heavy atom. The maximum absolute atomic E-state index is 13.0. The fraction of sp³-hybridized carbons (Fsp3) is 0.417. The van der Waals surface area contributed by atoms with Crippen LogP contribution < -0.4 is 11.1 Å². The van der Waals surface area contributed by atoms with Crippen molar-refractivity contribution in [2.24, 2.45) is 5.92 Å². The van der Waals surface area contributed by atoms with E-state index in [0.29, 0.717) is 0 Å². The average Bonchev–Trinajstić information content (AvgIpc) is 3.14. The lowest BCUT2D eigenvalue weighted by molar-refractivity contribution is 0.0901. The van der Waals surface area contributed by atoms with Crippen LogP contribution in [0.1, 0.15) is 23.2 Å². The fourth-order valence-corrected chi connectivity index (χ4v) is 1.70. The van der Waals surface area contributed by atoms with Crippen LogP contribution in [-0.4, -0.2) is 23.7 Å². The molecule has 18 heavy (non-hydrogen) atoms. The SMILES string of the molecule is Nc1cc(F)c(F)cc1C(=O)NCC(O)C1CC1. The Morgan fingerprint density at radius 2 is 2.06 bits per heavy atom. The number of hydrogen-bond acceptors (Lipinski definition) is 3. The van der Waals surface area contributed by atoms with Crippen LogP contribution in [0.25, 0.3) is 0 Å². The van der Waals surface area contributed by atoms with Crippen LogP contribution in [0.15, 0.2) is 12.1 Å². The Bertz CT molecular complexity index is 475. The van der Waals surface area contributed by atoms with Gasteiger partial charge < -0.3 is 16.2 Å². The lowest BCUT2D eigenvalue weighted by Crippen LogP contribution is -2.33. The Labute approximate surface area is 103 Å². The first kappa shape index (κ1) is 12.8. The summed E-state index contributed by atoms with van der Waals surface area (Å²) < 4.78 is 25.8. The van der Waals surface area contributed by atoms with Crippen molar-refractivity contribution in [3.05, 3.63) is 29.3 Å². The molecule has 0 radical (unpaired) electrons. The minimum absolute atomic E-state index is 0.0853. The highest BCUT2D eigenvalue weighted by molar-refractivity contribution is 5.99. The van der Waals surface area contributed by atoms with E-state index in [1.54, 1.807) is 0 Å². The predicted molar refractivity (Wildman–Crippen MR) is 61.8 cm³/mol. The van der Waals surface area contributed by atoms with Crippen molar-refractivity contribution < 1.29 is 18.7 Å². The molecule has 1 aliphatic carbocycles. The first-order valence-electron chi connectivity index (χ1n) is 5.70. The first-order valence-corrected chi connectivity index (χ1v) is 5.70. The third-order valence-electron chi connectivity index (χ3n) is 2.97. The van der Waals surface area contributed by atoms with Crippen molar-refractivity contribution in [2.75, 3.05) is 12.3 Å². The summed E-state index contributed by atoms with van der Waals surface area (Å²) in [6.45, 7) is 0.0853. The molecule has 6 heteroatoms. The number of carbonyl (C=O) groups excluding carboxylic acids is 1. The van der Waals surface area contributed by atoms with E-state index in [1.165, 1.54) is 0 Å². The molecule has 1 aliphatic rings. The Kier molecular flexibility index (Phi) is 3.47. The lowest BCUT2D eigenvalue weighted by atomic mass is 10.1. The van der Waals surface area contributed by atoms with Gasteiger partial charge in [-0.15, -0.1) is 0 Å². The van der Waals surface area contributed by atoms with Crippen molar-refractivity contribution in [3.8, 4) is 0 Å². The van der Waals surface area contributed by atoms with E-state index in [2.05, 4.69) is 5.32 Å². The van der Waals surface area contributed by atoms with Crippen LogP contribution >= 0.6 is 0 Å². The number of nitrogens with one attached hydrogen (secondary N) is 1. The smallest absolute Gasteiger partial charge is 0.253 e. The van der Waals surface area contributed by atoms with Gasteiger partial charge in [0.15, 0.2) is 11.6 Å². The van der Waals surface area contributed by atoms with Gasteiger partial charge in [-0.05, 0) is 24.8 Å². The molecule has 0 aliphatic heterocycles. The number of nitrogen functional groups attached to an aromatic ring is 1. The molecule has 2 rings (SSSR count). The second kappa shape index (κ2) is 4.89. The average molecular weight is 256 g/mol. The molecule has 1 saturated carbocycles. The van der Waals surface area contributed by atoms with Crippen LogP contribution in [0, 0.1) is 17.6 Å². The lowest BCUT2D eigenvalue weighted by Gasteiger charge is -2.12. The van der Waals surface area contributed by atoms with E-state index in [4.69, 9.17) is 5.73 Å². The molecular formula is C12H14F2N2O2. The minimum atomic E-state index is -1.13. The zero-order valence-electron chi connectivity index (χ0n) is 9.62. The Balaban J connectivity index is 2.01. The molecule has 0 heterocycles. The number of carbonyl (C=O) groups is 1. The number of halogens is 2. The van der Waals surface area contributed by atoms with E-state index in [1.807, 2.05) is 0 Å². The monoisotopic (exact) mass is 256 g/mol. The van der Waals surface area contributed by atoms with E-state index < -0.39 is 23.6 Å². The topological polar surface area (TPSA) is 75.4 Å². The van der Waals surface area contributed by atoms with E-state index in [0.717, 1.165) is 25.0 Å². The van der Waals surface area contributed by atoms with Crippen LogP contribution in [0.5, 0.6) is 0 Å². The zero-order chi connectivity index (χ0) is 13.3. The van der Waals surface area contributed by atoms with Crippen molar-refractivity contribution in [1.29, 1.82) is 0 Å². The molecule has 0 aromatic heterocycles. The maximum atomic E-state index is 13.0. The second-order valence-corrected chi connectivity index (χ2v) is 4.47. The summed E-state index contributed by atoms with van der Waals surface area (Å²) in [5.41, 5.74) is 5.18. The molecule has 1 fully saturated rings. The molecule has 98 valence electrons. The van der Waals surface area contributed by atoms with Crippen LogP contribution in [0.4, 0.5) is 14.5 Å². The highest BCUT2D eigenvalue weighted by Gasteiger charge is 2.29. The highest BCUT2D eigenvalue weighted by Crippen LogP contribution is 2.32. The summed E-state index contributed by atoms with van der Waals surface area (Å²) in [5, 5.41) is 12.0. The van der Waals surface area contributed by atoms with Gasteiger partial charge >= 0.3 is 0 Å². The summed E-state index contributed by atoms with van der Waals surface area (Å²) >= 11 is 0. The molecular weight excluding hydrogens is 242 g/mol. The third-order valence-corrected chi connectivity index (χ3v) is 2.97. The summed E-state index contributed by atoms with van der Waals surface area (Å²) in [6.07, 6.45) is 1.30. The predicted octanol–water partition coefficient (Wildman–Crippen LogP) is 1.05. The first-order chi connectivity index (χ1) is 8.49. The molecule has 0 bridgehead atoms. The summed E-state index contributed by atoms with van der Waals surface area (Å²) in [5.74, 6) is -2.61. The largest absolute Gasteiger partial charge is 0.398 e. The normalized spacial score (nSPS) is 16.4. The number of anilines is 1. The van der Waals surface area contributed by atoms with E-state index in [9.17, 15) is 18.7 Å². The number of aliphatic hydroxyl groups is 1. The molecule has 1 unspecified atom stereocenters. The number of hydrogen-bond donors (Lipinski definition) is 3. The van der Waals surface area contributed by atoms with Crippen LogP contribution in [0.2, 0.25) is 0 Å². The number of amides is 1. The van der Waals surface area contributed by atoms with Crippen molar-refractivity contribution in [2.45, 2.75) is 18.9 Å². The molecule has 1 amide bonds. The van der Waals surface area contributed by atoms with E-state index in [-0.39, 0.29) is 23.7 Å². The van der Waals surface area contributed by atoms with Gasteiger partial charge in [0.25, 0.3) is 5.91 Å². The molecule has 0 saturated heterocycles. The van der Waals surface area contributed by atoms with Gasteiger partial charge in [-0.1, -0.05) is 0 Å². The minimum Gasteiger partial charge on any atom is -0.398 e. The third kappa shape index (κ3) is 2.76. The molecule has 4 N–H and O–H groups in total. The van der Waals surface area contributed by atoms with Crippen LogP contribution in [0.3, 0.4) is 0 Å². The standard InChI is InChI=1S/C12H14F2N2O2/c13-8-3-7(10(15)4-9(8)14)12(18)16-5-11(17)6-1-2-6/h3-4,6,11,17H,1-2,5,15H2,(H,16,18). The van der Waals surface area contributed by atoms with Crippen molar-refractivity contribution in [1.82, 2.24) is 5.32 Å². The quantitative estimate of drug-likeness (QED) is 0.705. The van der Waals surface area contributed by atoms with Crippen molar-refractivity contribution >= 4 is 11.6 Å². The highest BCUT2D eigenvalue weighted by atomic mass is 19.2. The maximum Gasteiger partial charge on any atom is 0.253 e. The van der Waals surface area contributed by atoms with Crippen molar-refractivity contribution in [3.63, 3.8) is 0 Å². The van der Waals surface area contributed by atoms with Gasteiger partial charge in [0.05, 0.1) is 11.7 Å². The fourth-order valence-electron chi connectivity index (χ4n) is 1.70. The van der Waals surface area contributed by atoms with Crippen LogP contribution in [-0.2, 0) is 0 Å². The molecule has 1 aromatic carbocycles. The van der Waals surface area contributed by atoms with Gasteiger partial charge in [-0.3, -0.25) is 4.79 Å². The molecule has 1 atom stereocenters. The molecule has 1 aromatic rings. The summed E-state index contributed by atoms with van der Waals surface area (Å²) in [6, 6.07) is 1.52. The molecule has 0 spiro atoms. The number of rotatable bonds is 4. The van der Waals surface area contributed by atoms with Gasteiger partial charge in [-0.25, -0.2) is 8.78 Å². The second-order valence-electron chi connectivity index (χ2n) is 4.47. The van der Waals surface area contributed by atoms with Gasteiger partial charge in [-0.2, -0.15) is 0 Å². The summed E-state index contributed by atoms with van der Waals surface area (Å²) in [4.78, 5) is 11.7.